The molecule has 3 N–H and O–H groups in total. The minimum atomic E-state index is -0.743. The number of piperidine rings is 1. The Hall–Kier alpha value is -4.73. The van der Waals surface area contributed by atoms with Gasteiger partial charge in [0.25, 0.3) is 5.91 Å². The van der Waals surface area contributed by atoms with Crippen LogP contribution in [0.1, 0.15) is 39.3 Å². The van der Waals surface area contributed by atoms with Crippen molar-refractivity contribution in [1.82, 2.24) is 14.9 Å². The van der Waals surface area contributed by atoms with Gasteiger partial charge in [0.2, 0.25) is 5.91 Å². The van der Waals surface area contributed by atoms with Gasteiger partial charge in [0.15, 0.2) is 11.5 Å². The quantitative estimate of drug-likeness (QED) is 0.329. The fraction of sp³-hybridized carbons (Fsp3) is 0.250. The van der Waals surface area contributed by atoms with E-state index in [1.54, 1.807) is 29.2 Å². The number of esters is 1. The third kappa shape index (κ3) is 6.33. The average molecular weight is 515 g/mol. The van der Waals surface area contributed by atoms with Crippen LogP contribution in [0.3, 0.4) is 0 Å². The number of hydrogen-bond acceptors (Lipinski definition) is 8. The second-order valence-corrected chi connectivity index (χ2v) is 8.95. The van der Waals surface area contributed by atoms with Gasteiger partial charge in [-0.2, -0.15) is 0 Å². The maximum atomic E-state index is 12.6. The molecule has 1 saturated heterocycles. The minimum absolute atomic E-state index is 0.0111. The average Bonchev–Trinajstić information content (AvgIpc) is 2.95. The molecule has 4 rings (SSSR count). The highest BCUT2D eigenvalue weighted by Crippen LogP contribution is 2.25. The Kier molecular flexibility index (Phi) is 8.32. The van der Waals surface area contributed by atoms with Gasteiger partial charge >= 0.3 is 5.97 Å². The lowest BCUT2D eigenvalue weighted by Gasteiger charge is -2.37. The molecule has 1 fully saturated rings. The molecule has 1 atom stereocenters. The van der Waals surface area contributed by atoms with Crippen molar-refractivity contribution in [3.8, 4) is 0 Å². The van der Waals surface area contributed by atoms with E-state index in [9.17, 15) is 14.4 Å². The van der Waals surface area contributed by atoms with E-state index in [1.807, 2.05) is 42.3 Å². The van der Waals surface area contributed by atoms with E-state index in [0.717, 1.165) is 18.4 Å². The number of ether oxygens (including phenoxy) is 1. The molecule has 196 valence electrons. The highest BCUT2D eigenvalue weighted by Gasteiger charge is 2.27. The number of nitrogens with two attached hydrogens (primary N) is 1. The van der Waals surface area contributed by atoms with Gasteiger partial charge in [-0.25, -0.2) is 14.8 Å². The normalized spacial score (nSPS) is 14.9. The Morgan fingerprint density at radius 3 is 2.74 bits per heavy atom. The lowest BCUT2D eigenvalue weighted by atomic mass is 10.0. The fourth-order valence-electron chi connectivity index (χ4n) is 4.27. The number of aromatic nitrogens is 2. The van der Waals surface area contributed by atoms with Crippen molar-refractivity contribution in [2.45, 2.75) is 25.5 Å². The van der Waals surface area contributed by atoms with Crippen LogP contribution in [0.25, 0.3) is 0 Å². The smallest absolute Gasteiger partial charge is 0.338 e. The predicted octanol–water partition coefficient (Wildman–Crippen LogP) is 3.29. The number of amides is 2. The summed E-state index contributed by atoms with van der Waals surface area (Å²) < 4.78 is 5.42. The molecule has 1 aliphatic heterocycles. The van der Waals surface area contributed by atoms with Crippen LogP contribution in [-0.4, -0.2) is 58.8 Å². The number of rotatable bonds is 9. The molecule has 10 heteroatoms. The Morgan fingerprint density at radius 1 is 1.21 bits per heavy atom. The number of hydrogen-bond donors (Lipinski definition) is 2. The SMILES string of the molecule is C=CC(=O)N1CCC[C@@H](N(C)c2cnc(C(N)=O)c(Nc3cccc(C(=O)OCc4ccccc4)c3)n2)C1. The second kappa shape index (κ2) is 12.0. The van der Waals surface area contributed by atoms with Crippen molar-refractivity contribution >= 4 is 35.1 Å². The first-order valence-corrected chi connectivity index (χ1v) is 12.2. The third-order valence-corrected chi connectivity index (χ3v) is 6.36. The van der Waals surface area contributed by atoms with Gasteiger partial charge in [-0.3, -0.25) is 9.59 Å². The summed E-state index contributed by atoms with van der Waals surface area (Å²) in [5.74, 6) is -0.667. The molecule has 2 amide bonds. The van der Waals surface area contributed by atoms with Crippen LogP contribution in [0, 0.1) is 0 Å². The van der Waals surface area contributed by atoms with Crippen molar-refractivity contribution in [2.75, 3.05) is 30.4 Å². The van der Waals surface area contributed by atoms with Crippen LogP contribution in [0.15, 0.2) is 73.4 Å². The van der Waals surface area contributed by atoms with Gasteiger partial charge in [0.05, 0.1) is 11.8 Å². The lowest BCUT2D eigenvalue weighted by molar-refractivity contribution is -0.127. The predicted molar refractivity (Wildman–Crippen MR) is 144 cm³/mol. The van der Waals surface area contributed by atoms with Crippen LogP contribution < -0.4 is 16.0 Å². The van der Waals surface area contributed by atoms with E-state index < -0.39 is 11.9 Å². The molecule has 38 heavy (non-hydrogen) atoms. The van der Waals surface area contributed by atoms with Crippen molar-refractivity contribution in [2.24, 2.45) is 5.73 Å². The molecule has 0 radical (unpaired) electrons. The van der Waals surface area contributed by atoms with Crippen LogP contribution in [0.2, 0.25) is 0 Å². The molecule has 2 aromatic carbocycles. The van der Waals surface area contributed by atoms with E-state index in [4.69, 9.17) is 10.5 Å². The molecule has 0 saturated carbocycles. The zero-order valence-corrected chi connectivity index (χ0v) is 21.2. The Bertz CT molecular complexity index is 1330. The van der Waals surface area contributed by atoms with Gasteiger partial charge in [0, 0.05) is 31.9 Å². The van der Waals surface area contributed by atoms with Gasteiger partial charge in [-0.1, -0.05) is 43.0 Å². The van der Waals surface area contributed by atoms with E-state index in [2.05, 4.69) is 21.9 Å². The summed E-state index contributed by atoms with van der Waals surface area (Å²) >= 11 is 0. The Balaban J connectivity index is 1.51. The monoisotopic (exact) mass is 514 g/mol. The topological polar surface area (TPSA) is 131 Å². The first-order valence-electron chi connectivity index (χ1n) is 12.2. The number of anilines is 3. The molecule has 2 heterocycles. The number of carbonyl (C=O) groups excluding carboxylic acids is 3. The maximum absolute atomic E-state index is 12.6. The number of likely N-dealkylation sites (tertiary alicyclic amines) is 1. The zero-order chi connectivity index (χ0) is 27.1. The third-order valence-electron chi connectivity index (χ3n) is 6.36. The number of primary amides is 1. The largest absolute Gasteiger partial charge is 0.457 e. The fourth-order valence-corrected chi connectivity index (χ4v) is 4.27. The zero-order valence-electron chi connectivity index (χ0n) is 21.2. The molecular weight excluding hydrogens is 484 g/mol. The maximum Gasteiger partial charge on any atom is 0.338 e. The van der Waals surface area contributed by atoms with Gasteiger partial charge < -0.3 is 25.6 Å². The summed E-state index contributed by atoms with van der Waals surface area (Å²) in [4.78, 5) is 49.4. The van der Waals surface area contributed by atoms with Crippen molar-refractivity contribution in [1.29, 1.82) is 0 Å². The second-order valence-electron chi connectivity index (χ2n) is 8.95. The van der Waals surface area contributed by atoms with E-state index in [-0.39, 0.29) is 30.1 Å². The van der Waals surface area contributed by atoms with Crippen molar-refractivity contribution in [3.63, 3.8) is 0 Å². The molecule has 0 aliphatic carbocycles. The van der Waals surface area contributed by atoms with Gasteiger partial charge in [0.1, 0.15) is 12.4 Å². The molecule has 3 aromatic rings. The van der Waals surface area contributed by atoms with Gasteiger partial charge in [-0.05, 0) is 42.7 Å². The molecule has 0 bridgehead atoms. The minimum Gasteiger partial charge on any atom is -0.457 e. The van der Waals surface area contributed by atoms with E-state index in [1.165, 1.54) is 12.3 Å². The standard InChI is InChI=1S/C28H30N6O4/c1-3-24(35)34-14-8-13-22(17-34)33(2)23-16-30-25(26(29)36)27(32-23)31-21-12-7-11-20(15-21)28(37)38-18-19-9-5-4-6-10-19/h3-7,9-12,15-16,22H,1,8,13-14,17-18H2,2H3,(H2,29,36)(H,31,32)/t22-/m1/s1. The Labute approximate surface area is 221 Å². The number of benzene rings is 2. The van der Waals surface area contributed by atoms with E-state index in [0.29, 0.717) is 30.2 Å². The van der Waals surface area contributed by atoms with Crippen LogP contribution >= 0.6 is 0 Å². The van der Waals surface area contributed by atoms with Crippen LogP contribution in [0.4, 0.5) is 17.3 Å². The summed E-state index contributed by atoms with van der Waals surface area (Å²) in [7, 11) is 1.87. The molecule has 0 spiro atoms. The van der Waals surface area contributed by atoms with E-state index >= 15 is 0 Å². The summed E-state index contributed by atoms with van der Waals surface area (Å²) in [5, 5.41) is 3.07. The highest BCUT2D eigenvalue weighted by atomic mass is 16.5. The number of likely N-dealkylation sites (N-methyl/N-ethyl adjacent to an activating group) is 1. The Morgan fingerprint density at radius 2 is 2.00 bits per heavy atom. The molecular formula is C28H30N6O4. The molecule has 1 aliphatic rings. The first kappa shape index (κ1) is 26.3. The summed E-state index contributed by atoms with van der Waals surface area (Å²) in [6.45, 7) is 4.93. The number of nitrogens with one attached hydrogen (secondary N) is 1. The van der Waals surface area contributed by atoms with Crippen molar-refractivity contribution < 1.29 is 19.1 Å². The number of nitrogens with zero attached hydrogens (tertiary/aromatic N) is 4. The number of carbonyl (C=O) groups is 3. The molecule has 10 nitrogen and oxygen atoms in total. The highest BCUT2D eigenvalue weighted by molar-refractivity contribution is 5.97. The molecule has 1 aromatic heterocycles. The summed E-state index contributed by atoms with van der Waals surface area (Å²) in [6.07, 6.45) is 4.51. The summed E-state index contributed by atoms with van der Waals surface area (Å²) in [6, 6.07) is 16.1. The van der Waals surface area contributed by atoms with Crippen LogP contribution in [-0.2, 0) is 16.1 Å². The van der Waals surface area contributed by atoms with Crippen molar-refractivity contribution in [3.05, 3.63) is 90.3 Å². The summed E-state index contributed by atoms with van der Waals surface area (Å²) in [5.41, 5.74) is 7.25. The molecule has 0 unspecified atom stereocenters. The first-order chi connectivity index (χ1) is 18.4. The van der Waals surface area contributed by atoms with Gasteiger partial charge in [-0.15, -0.1) is 0 Å². The lowest BCUT2D eigenvalue weighted by Crippen LogP contribution is -2.48. The van der Waals surface area contributed by atoms with Crippen LogP contribution in [0.5, 0.6) is 0 Å².